The lowest BCUT2D eigenvalue weighted by atomic mass is 9.86. The van der Waals surface area contributed by atoms with Gasteiger partial charge in [0.15, 0.2) is 0 Å². The lowest BCUT2D eigenvalue weighted by molar-refractivity contribution is 0.122. The molecule has 3 heteroatoms. The molecule has 1 aliphatic rings. The molecule has 0 radical (unpaired) electrons. The van der Waals surface area contributed by atoms with Gasteiger partial charge in [-0.2, -0.15) is 5.10 Å². The molecule has 1 aliphatic carbocycles. The number of hydrogen-bond donors (Lipinski definition) is 1. The largest absolute Gasteiger partial charge is 0.381 e. The topological polar surface area (TPSA) is 37.9 Å². The van der Waals surface area contributed by atoms with Crippen molar-refractivity contribution in [2.24, 2.45) is 5.92 Å². The van der Waals surface area contributed by atoms with Crippen LogP contribution in [0.2, 0.25) is 0 Å². The van der Waals surface area contributed by atoms with Crippen molar-refractivity contribution in [3.05, 3.63) is 18.0 Å². The highest BCUT2D eigenvalue weighted by molar-refractivity contribution is 5.01. The van der Waals surface area contributed by atoms with Gasteiger partial charge in [0.1, 0.15) is 0 Å². The van der Waals surface area contributed by atoms with Crippen LogP contribution in [0, 0.1) is 5.92 Å². The van der Waals surface area contributed by atoms with E-state index >= 15 is 0 Å². The maximum Gasteiger partial charge on any atom is 0.0519 e. The number of aryl methyl sites for hydroxylation is 1. The van der Waals surface area contributed by atoms with E-state index in [0.717, 1.165) is 32.0 Å². The van der Waals surface area contributed by atoms with Gasteiger partial charge in [0, 0.05) is 19.4 Å². The third kappa shape index (κ3) is 5.21. The van der Waals surface area contributed by atoms with Gasteiger partial charge < -0.3 is 4.74 Å². The Balaban J connectivity index is 1.39. The number of aromatic amines is 1. The fraction of sp³-hybridized carbons (Fsp3) is 0.800. The van der Waals surface area contributed by atoms with Crippen molar-refractivity contribution >= 4 is 0 Å². The van der Waals surface area contributed by atoms with Crippen LogP contribution in [0.1, 0.15) is 56.9 Å². The molecule has 0 saturated heterocycles. The molecule has 1 heterocycles. The van der Waals surface area contributed by atoms with Crippen LogP contribution in [0.4, 0.5) is 0 Å². The smallest absolute Gasteiger partial charge is 0.0519 e. The third-order valence-electron chi connectivity index (χ3n) is 3.93. The summed E-state index contributed by atoms with van der Waals surface area (Å²) in [4.78, 5) is 0. The molecule has 0 aromatic carbocycles. The average Bonchev–Trinajstić information content (AvgIpc) is 2.92. The lowest BCUT2D eigenvalue weighted by Crippen LogP contribution is -2.07. The Morgan fingerprint density at radius 3 is 2.78 bits per heavy atom. The number of ether oxygens (including phenoxy) is 1. The van der Waals surface area contributed by atoms with Gasteiger partial charge in [0.05, 0.1) is 6.20 Å². The predicted octanol–water partition coefficient (Wildman–Crippen LogP) is 3.72. The van der Waals surface area contributed by atoms with E-state index in [2.05, 4.69) is 10.2 Å². The van der Waals surface area contributed by atoms with Crippen LogP contribution in [0.5, 0.6) is 0 Å². The molecule has 0 amide bonds. The van der Waals surface area contributed by atoms with Gasteiger partial charge in [-0.1, -0.05) is 32.1 Å². The first-order chi connectivity index (χ1) is 8.95. The maximum atomic E-state index is 5.69. The minimum atomic E-state index is 0.885. The van der Waals surface area contributed by atoms with Crippen LogP contribution in [-0.4, -0.2) is 23.4 Å². The average molecular weight is 250 g/mol. The van der Waals surface area contributed by atoms with E-state index in [-0.39, 0.29) is 0 Å². The quantitative estimate of drug-likeness (QED) is 0.714. The van der Waals surface area contributed by atoms with Crippen molar-refractivity contribution in [1.29, 1.82) is 0 Å². The standard InChI is InChI=1S/C15H26N2O/c1-2-6-14(7-3-1)8-4-10-18-11-5-9-15-12-16-17-13-15/h12-14H,1-11H2,(H,16,17). The van der Waals surface area contributed by atoms with Crippen LogP contribution in [0.15, 0.2) is 12.4 Å². The van der Waals surface area contributed by atoms with Gasteiger partial charge in [0.25, 0.3) is 0 Å². The third-order valence-corrected chi connectivity index (χ3v) is 3.93. The Kier molecular flexibility index (Phi) is 6.27. The lowest BCUT2D eigenvalue weighted by Gasteiger charge is -2.21. The van der Waals surface area contributed by atoms with Gasteiger partial charge in [-0.15, -0.1) is 0 Å². The van der Waals surface area contributed by atoms with E-state index in [9.17, 15) is 0 Å². The van der Waals surface area contributed by atoms with Gasteiger partial charge in [-0.3, -0.25) is 5.10 Å². The van der Waals surface area contributed by atoms with E-state index in [0.29, 0.717) is 0 Å². The molecule has 0 aliphatic heterocycles. The molecule has 1 aromatic heterocycles. The second-order valence-electron chi connectivity index (χ2n) is 5.47. The number of hydrogen-bond acceptors (Lipinski definition) is 2. The normalized spacial score (nSPS) is 17.1. The van der Waals surface area contributed by atoms with Crippen LogP contribution in [0.3, 0.4) is 0 Å². The monoisotopic (exact) mass is 250 g/mol. The van der Waals surface area contributed by atoms with Crippen molar-refractivity contribution < 1.29 is 4.74 Å². The summed E-state index contributed by atoms with van der Waals surface area (Å²) in [6.45, 7) is 1.83. The molecular weight excluding hydrogens is 224 g/mol. The van der Waals surface area contributed by atoms with E-state index in [1.165, 1.54) is 50.5 Å². The summed E-state index contributed by atoms with van der Waals surface area (Å²) >= 11 is 0. The molecule has 0 bridgehead atoms. The zero-order valence-corrected chi connectivity index (χ0v) is 11.4. The van der Waals surface area contributed by atoms with Crippen molar-refractivity contribution in [3.63, 3.8) is 0 Å². The molecule has 1 fully saturated rings. The van der Waals surface area contributed by atoms with Crippen LogP contribution < -0.4 is 0 Å². The molecule has 1 aromatic rings. The Bertz CT molecular complexity index is 291. The van der Waals surface area contributed by atoms with Crippen LogP contribution >= 0.6 is 0 Å². The van der Waals surface area contributed by atoms with Crippen molar-refractivity contribution in [2.75, 3.05) is 13.2 Å². The molecule has 102 valence electrons. The Labute approximate surface area is 110 Å². The van der Waals surface area contributed by atoms with E-state index in [1.807, 2.05) is 12.4 Å². The first-order valence-electron chi connectivity index (χ1n) is 7.50. The first-order valence-corrected chi connectivity index (χ1v) is 7.50. The van der Waals surface area contributed by atoms with Crippen LogP contribution in [0.25, 0.3) is 0 Å². The van der Waals surface area contributed by atoms with E-state index in [1.54, 1.807) is 0 Å². The highest BCUT2D eigenvalue weighted by Gasteiger charge is 2.12. The summed E-state index contributed by atoms with van der Waals surface area (Å²) in [5, 5.41) is 6.77. The van der Waals surface area contributed by atoms with Gasteiger partial charge in [-0.05, 0) is 37.2 Å². The zero-order chi connectivity index (χ0) is 12.5. The Morgan fingerprint density at radius 1 is 1.17 bits per heavy atom. The minimum Gasteiger partial charge on any atom is -0.381 e. The number of rotatable bonds is 8. The fourth-order valence-electron chi connectivity index (χ4n) is 2.84. The van der Waals surface area contributed by atoms with Crippen molar-refractivity contribution in [3.8, 4) is 0 Å². The minimum absolute atomic E-state index is 0.885. The van der Waals surface area contributed by atoms with E-state index < -0.39 is 0 Å². The Hall–Kier alpha value is -0.830. The molecule has 3 nitrogen and oxygen atoms in total. The molecule has 2 rings (SSSR count). The van der Waals surface area contributed by atoms with E-state index in [4.69, 9.17) is 4.74 Å². The maximum absolute atomic E-state index is 5.69. The van der Waals surface area contributed by atoms with Crippen molar-refractivity contribution in [2.45, 2.75) is 57.8 Å². The number of H-pyrrole nitrogens is 1. The number of aromatic nitrogens is 2. The molecule has 1 saturated carbocycles. The molecule has 18 heavy (non-hydrogen) atoms. The molecule has 0 atom stereocenters. The fourth-order valence-corrected chi connectivity index (χ4v) is 2.84. The molecular formula is C15H26N2O. The SMILES string of the molecule is c1n[nH]cc1CCCOCCCC1CCCCC1. The summed E-state index contributed by atoms with van der Waals surface area (Å²) in [7, 11) is 0. The first kappa shape index (κ1) is 13.6. The van der Waals surface area contributed by atoms with Gasteiger partial charge in [0.2, 0.25) is 0 Å². The number of nitrogens with zero attached hydrogens (tertiary/aromatic N) is 1. The molecule has 0 unspecified atom stereocenters. The summed E-state index contributed by atoms with van der Waals surface area (Å²) in [5.41, 5.74) is 1.28. The van der Waals surface area contributed by atoms with Gasteiger partial charge in [-0.25, -0.2) is 0 Å². The molecule has 1 N–H and O–H groups in total. The second kappa shape index (κ2) is 8.30. The number of nitrogens with one attached hydrogen (secondary N) is 1. The second-order valence-corrected chi connectivity index (χ2v) is 5.47. The molecule has 0 spiro atoms. The summed E-state index contributed by atoms with van der Waals surface area (Å²) in [6, 6.07) is 0. The van der Waals surface area contributed by atoms with Crippen molar-refractivity contribution in [1.82, 2.24) is 10.2 Å². The van der Waals surface area contributed by atoms with Crippen LogP contribution in [-0.2, 0) is 11.2 Å². The summed E-state index contributed by atoms with van der Waals surface area (Å²) < 4.78 is 5.69. The Morgan fingerprint density at radius 2 is 2.00 bits per heavy atom. The highest BCUT2D eigenvalue weighted by Crippen LogP contribution is 2.27. The summed E-state index contributed by atoms with van der Waals surface area (Å²) in [6.07, 6.45) is 15.9. The highest BCUT2D eigenvalue weighted by atomic mass is 16.5. The zero-order valence-electron chi connectivity index (χ0n) is 11.4. The van der Waals surface area contributed by atoms with Gasteiger partial charge >= 0.3 is 0 Å². The summed E-state index contributed by atoms with van der Waals surface area (Å²) in [5.74, 6) is 0.994. The predicted molar refractivity (Wildman–Crippen MR) is 73.5 cm³/mol.